The number of benzene rings is 1. The molecule has 0 aliphatic heterocycles. The number of aryl methyl sites for hydroxylation is 1. The molecule has 3 heterocycles. The van der Waals surface area contributed by atoms with Gasteiger partial charge in [-0.1, -0.05) is 16.8 Å². The molecule has 0 spiro atoms. The number of halogens is 1. The van der Waals surface area contributed by atoms with Crippen molar-refractivity contribution in [3.05, 3.63) is 46.0 Å². The van der Waals surface area contributed by atoms with Crippen molar-refractivity contribution in [1.82, 2.24) is 29.5 Å². The first-order chi connectivity index (χ1) is 11.6. The predicted molar refractivity (Wildman–Crippen MR) is 92.4 cm³/mol. The Labute approximate surface area is 141 Å². The van der Waals surface area contributed by atoms with E-state index >= 15 is 0 Å². The highest BCUT2D eigenvalue weighted by atomic mass is 35.5. The maximum Gasteiger partial charge on any atom is 0.326 e. The Hall–Kier alpha value is -2.87. The summed E-state index contributed by atoms with van der Waals surface area (Å²) in [6, 6.07) is 7.19. The standard InChI is InChI=1S/C15H14ClN7O/c1-22-12-4-5-17-14(13(12)20-21-22)18-6-7-23-11-3-2-9(16)8-10(11)19-15(23)24/h2-5,8H,6-7H2,1H3,(H,17,18)(H,19,24). The molecule has 122 valence electrons. The summed E-state index contributed by atoms with van der Waals surface area (Å²) in [7, 11) is 1.83. The lowest BCUT2D eigenvalue weighted by atomic mass is 10.3. The third-order valence-electron chi connectivity index (χ3n) is 3.89. The minimum Gasteiger partial charge on any atom is -0.366 e. The first-order valence-electron chi connectivity index (χ1n) is 7.40. The number of pyridine rings is 1. The molecule has 0 aliphatic carbocycles. The van der Waals surface area contributed by atoms with Crippen molar-refractivity contribution in [2.45, 2.75) is 6.54 Å². The first kappa shape index (κ1) is 14.7. The van der Waals surface area contributed by atoms with Gasteiger partial charge in [0.1, 0.15) is 0 Å². The third kappa shape index (κ3) is 2.41. The molecular formula is C15H14ClN7O. The molecule has 2 N–H and O–H groups in total. The number of anilines is 1. The molecule has 0 atom stereocenters. The number of rotatable bonds is 4. The number of nitrogens with one attached hydrogen (secondary N) is 2. The molecule has 24 heavy (non-hydrogen) atoms. The summed E-state index contributed by atoms with van der Waals surface area (Å²) in [5, 5.41) is 11.9. The van der Waals surface area contributed by atoms with Crippen molar-refractivity contribution < 1.29 is 0 Å². The molecule has 9 heteroatoms. The van der Waals surface area contributed by atoms with Gasteiger partial charge in [0.05, 0.1) is 16.6 Å². The van der Waals surface area contributed by atoms with E-state index in [9.17, 15) is 4.79 Å². The second-order valence-corrected chi connectivity index (χ2v) is 5.85. The molecule has 0 unspecified atom stereocenters. The average molecular weight is 344 g/mol. The monoisotopic (exact) mass is 343 g/mol. The summed E-state index contributed by atoms with van der Waals surface area (Å²) >= 11 is 5.96. The lowest BCUT2D eigenvalue weighted by Crippen LogP contribution is -2.21. The smallest absolute Gasteiger partial charge is 0.326 e. The van der Waals surface area contributed by atoms with Crippen LogP contribution in [0.4, 0.5) is 5.82 Å². The van der Waals surface area contributed by atoms with Crippen LogP contribution in [0.3, 0.4) is 0 Å². The van der Waals surface area contributed by atoms with Crippen LogP contribution in [0.25, 0.3) is 22.1 Å². The van der Waals surface area contributed by atoms with Crippen LogP contribution in [0.2, 0.25) is 5.02 Å². The molecule has 0 saturated heterocycles. The predicted octanol–water partition coefficient (Wildman–Crippen LogP) is 1.77. The lowest BCUT2D eigenvalue weighted by molar-refractivity contribution is 0.719. The average Bonchev–Trinajstić information content (AvgIpc) is 3.08. The van der Waals surface area contributed by atoms with Gasteiger partial charge in [0.25, 0.3) is 0 Å². The Morgan fingerprint density at radius 2 is 2.17 bits per heavy atom. The topological polar surface area (TPSA) is 93.4 Å². The molecule has 0 saturated carbocycles. The molecule has 0 bridgehead atoms. The van der Waals surface area contributed by atoms with Crippen LogP contribution in [0, 0.1) is 0 Å². The van der Waals surface area contributed by atoms with Gasteiger partial charge in [-0.2, -0.15) is 0 Å². The maximum atomic E-state index is 12.1. The number of aromatic amines is 1. The summed E-state index contributed by atoms with van der Waals surface area (Å²) < 4.78 is 3.35. The molecule has 8 nitrogen and oxygen atoms in total. The molecule has 4 rings (SSSR count). The fourth-order valence-corrected chi connectivity index (χ4v) is 2.91. The fourth-order valence-electron chi connectivity index (χ4n) is 2.74. The number of nitrogens with zero attached hydrogens (tertiary/aromatic N) is 5. The Morgan fingerprint density at radius 3 is 3.04 bits per heavy atom. The minimum absolute atomic E-state index is 0.167. The van der Waals surface area contributed by atoms with Crippen molar-refractivity contribution >= 4 is 39.5 Å². The van der Waals surface area contributed by atoms with Gasteiger partial charge in [0, 0.05) is 31.4 Å². The minimum atomic E-state index is -0.167. The van der Waals surface area contributed by atoms with Gasteiger partial charge in [-0.05, 0) is 24.3 Å². The summed E-state index contributed by atoms with van der Waals surface area (Å²) in [4.78, 5) is 19.2. The second-order valence-electron chi connectivity index (χ2n) is 5.41. The van der Waals surface area contributed by atoms with Gasteiger partial charge >= 0.3 is 5.69 Å². The van der Waals surface area contributed by atoms with E-state index in [0.717, 1.165) is 16.6 Å². The van der Waals surface area contributed by atoms with Crippen molar-refractivity contribution in [3.8, 4) is 0 Å². The number of hydrogen-bond acceptors (Lipinski definition) is 5. The number of imidazole rings is 1. The van der Waals surface area contributed by atoms with Crippen LogP contribution in [0.5, 0.6) is 0 Å². The van der Waals surface area contributed by atoms with Crippen LogP contribution in [-0.2, 0) is 13.6 Å². The SMILES string of the molecule is Cn1nnc2c(NCCn3c(=O)[nH]c4cc(Cl)ccc43)nccc21. The molecule has 0 radical (unpaired) electrons. The number of hydrogen-bond donors (Lipinski definition) is 2. The quantitative estimate of drug-likeness (QED) is 0.589. The number of H-pyrrole nitrogens is 1. The van der Waals surface area contributed by atoms with Crippen LogP contribution < -0.4 is 11.0 Å². The molecule has 4 aromatic rings. The van der Waals surface area contributed by atoms with Gasteiger partial charge in [-0.25, -0.2) is 14.5 Å². The lowest BCUT2D eigenvalue weighted by Gasteiger charge is -2.07. The molecule has 0 aliphatic rings. The van der Waals surface area contributed by atoms with Crippen LogP contribution in [0.1, 0.15) is 0 Å². The van der Waals surface area contributed by atoms with Gasteiger partial charge in [0.15, 0.2) is 11.3 Å². The Morgan fingerprint density at radius 1 is 1.29 bits per heavy atom. The molecule has 3 aromatic heterocycles. The molecule has 0 fully saturated rings. The van der Waals surface area contributed by atoms with E-state index in [1.54, 1.807) is 27.6 Å². The normalized spacial score (nSPS) is 11.4. The summed E-state index contributed by atoms with van der Waals surface area (Å²) in [5.41, 5.74) is 2.97. The van der Waals surface area contributed by atoms with Crippen molar-refractivity contribution in [2.75, 3.05) is 11.9 Å². The van der Waals surface area contributed by atoms with Crippen molar-refractivity contribution in [1.29, 1.82) is 0 Å². The molecular weight excluding hydrogens is 330 g/mol. The second kappa shape index (κ2) is 5.64. The van der Waals surface area contributed by atoms with Gasteiger partial charge in [0.2, 0.25) is 0 Å². The van der Waals surface area contributed by atoms with E-state index in [1.165, 1.54) is 0 Å². The van der Waals surface area contributed by atoms with Gasteiger partial charge < -0.3 is 10.3 Å². The van der Waals surface area contributed by atoms with Crippen LogP contribution >= 0.6 is 11.6 Å². The Bertz CT molecular complexity index is 1090. The largest absolute Gasteiger partial charge is 0.366 e. The van der Waals surface area contributed by atoms with Crippen LogP contribution in [-0.4, -0.2) is 36.1 Å². The van der Waals surface area contributed by atoms with E-state index < -0.39 is 0 Å². The maximum absolute atomic E-state index is 12.1. The number of fused-ring (bicyclic) bond motifs is 2. The Balaban J connectivity index is 1.57. The first-order valence-corrected chi connectivity index (χ1v) is 7.77. The Kier molecular flexibility index (Phi) is 3.46. The van der Waals surface area contributed by atoms with E-state index in [4.69, 9.17) is 11.6 Å². The van der Waals surface area contributed by atoms with E-state index in [1.807, 2.05) is 19.2 Å². The summed E-state index contributed by atoms with van der Waals surface area (Å²) in [6.45, 7) is 1.01. The molecule has 0 amide bonds. The van der Waals surface area contributed by atoms with Crippen molar-refractivity contribution in [2.24, 2.45) is 7.05 Å². The zero-order valence-electron chi connectivity index (χ0n) is 12.8. The zero-order chi connectivity index (χ0) is 16.7. The van der Waals surface area contributed by atoms with E-state index in [0.29, 0.717) is 29.4 Å². The van der Waals surface area contributed by atoms with Gasteiger partial charge in [-0.3, -0.25) is 4.57 Å². The van der Waals surface area contributed by atoms with E-state index in [2.05, 4.69) is 25.6 Å². The molecule has 1 aromatic carbocycles. The highest BCUT2D eigenvalue weighted by molar-refractivity contribution is 6.31. The summed E-state index contributed by atoms with van der Waals surface area (Å²) in [6.07, 6.45) is 1.70. The fraction of sp³-hybridized carbons (Fsp3) is 0.200. The van der Waals surface area contributed by atoms with Gasteiger partial charge in [-0.15, -0.1) is 5.10 Å². The highest BCUT2D eigenvalue weighted by Crippen LogP contribution is 2.18. The summed E-state index contributed by atoms with van der Waals surface area (Å²) in [5.74, 6) is 0.650. The zero-order valence-corrected chi connectivity index (χ0v) is 13.6. The highest BCUT2D eigenvalue weighted by Gasteiger charge is 2.09. The van der Waals surface area contributed by atoms with Crippen molar-refractivity contribution in [3.63, 3.8) is 0 Å². The van der Waals surface area contributed by atoms with Crippen LogP contribution in [0.15, 0.2) is 35.3 Å². The van der Waals surface area contributed by atoms with E-state index in [-0.39, 0.29) is 5.69 Å². The third-order valence-corrected chi connectivity index (χ3v) is 4.13. The number of aromatic nitrogens is 6.